The third-order valence-corrected chi connectivity index (χ3v) is 5.28. The van der Waals surface area contributed by atoms with E-state index in [0.717, 1.165) is 21.8 Å². The van der Waals surface area contributed by atoms with Gasteiger partial charge in [0, 0.05) is 24.6 Å². The van der Waals surface area contributed by atoms with Crippen LogP contribution in [0.25, 0.3) is 21.9 Å². The van der Waals surface area contributed by atoms with Gasteiger partial charge in [-0.05, 0) is 43.3 Å². The van der Waals surface area contributed by atoms with E-state index in [1.807, 2.05) is 25.1 Å². The number of hydrogen-bond acceptors (Lipinski definition) is 6. The number of aromatic nitrogens is 3. The maximum atomic E-state index is 13.0. The first kappa shape index (κ1) is 18.9. The fourth-order valence-corrected chi connectivity index (χ4v) is 3.72. The average Bonchev–Trinajstić information content (AvgIpc) is 3.34. The van der Waals surface area contributed by atoms with E-state index in [1.54, 1.807) is 24.5 Å². The number of oxazole rings is 1. The summed E-state index contributed by atoms with van der Waals surface area (Å²) >= 11 is 1.39. The highest BCUT2D eigenvalue weighted by atomic mass is 32.1. The molecule has 0 saturated heterocycles. The molecule has 29 heavy (non-hydrogen) atoms. The van der Waals surface area contributed by atoms with Crippen molar-refractivity contribution in [2.45, 2.75) is 19.8 Å². The van der Waals surface area contributed by atoms with E-state index in [4.69, 9.17) is 4.42 Å². The number of nitrogens with zero attached hydrogens (tertiary/aromatic N) is 3. The number of carbonyl (C=O) groups is 1. The van der Waals surface area contributed by atoms with Gasteiger partial charge in [-0.25, -0.2) is 14.4 Å². The minimum atomic E-state index is -0.311. The molecule has 0 bridgehead atoms. The Bertz CT molecular complexity index is 1120. The SMILES string of the molecule is Cc1nc(NC(=O)CCc2ncc(-c3ccc(F)cc3)o2)sc1-c1ccccn1. The smallest absolute Gasteiger partial charge is 0.226 e. The summed E-state index contributed by atoms with van der Waals surface area (Å²) in [4.78, 5) is 26.1. The van der Waals surface area contributed by atoms with Crippen molar-refractivity contribution in [3.8, 4) is 21.9 Å². The van der Waals surface area contributed by atoms with Crippen LogP contribution in [0.1, 0.15) is 18.0 Å². The summed E-state index contributed by atoms with van der Waals surface area (Å²) in [5.74, 6) is 0.501. The zero-order valence-electron chi connectivity index (χ0n) is 15.6. The monoisotopic (exact) mass is 408 g/mol. The Kier molecular flexibility index (Phi) is 5.44. The molecule has 1 aromatic carbocycles. The van der Waals surface area contributed by atoms with Crippen LogP contribution in [0.15, 0.2) is 59.3 Å². The largest absolute Gasteiger partial charge is 0.441 e. The van der Waals surface area contributed by atoms with Gasteiger partial charge in [0.1, 0.15) is 5.82 Å². The lowest BCUT2D eigenvalue weighted by molar-refractivity contribution is -0.116. The Morgan fingerprint density at radius 3 is 2.76 bits per heavy atom. The van der Waals surface area contributed by atoms with Crippen LogP contribution in [0, 0.1) is 12.7 Å². The second-order valence-corrected chi connectivity index (χ2v) is 7.32. The Balaban J connectivity index is 1.36. The molecule has 0 unspecified atom stereocenters. The highest BCUT2D eigenvalue weighted by Crippen LogP contribution is 2.31. The normalized spacial score (nSPS) is 10.8. The minimum Gasteiger partial charge on any atom is -0.441 e. The summed E-state index contributed by atoms with van der Waals surface area (Å²) in [5, 5.41) is 3.35. The Morgan fingerprint density at radius 2 is 2.00 bits per heavy atom. The van der Waals surface area contributed by atoms with Gasteiger partial charge in [-0.2, -0.15) is 0 Å². The number of hydrogen-bond donors (Lipinski definition) is 1. The average molecular weight is 408 g/mol. The molecule has 0 spiro atoms. The highest BCUT2D eigenvalue weighted by molar-refractivity contribution is 7.19. The van der Waals surface area contributed by atoms with Crippen molar-refractivity contribution < 1.29 is 13.6 Å². The molecular weight excluding hydrogens is 391 g/mol. The molecule has 0 radical (unpaired) electrons. The lowest BCUT2D eigenvalue weighted by Crippen LogP contribution is -2.12. The third kappa shape index (κ3) is 4.55. The highest BCUT2D eigenvalue weighted by Gasteiger charge is 2.14. The van der Waals surface area contributed by atoms with Gasteiger partial charge in [0.05, 0.1) is 22.5 Å². The number of rotatable bonds is 6. The van der Waals surface area contributed by atoms with E-state index in [0.29, 0.717) is 23.2 Å². The second kappa shape index (κ2) is 8.32. The summed E-state index contributed by atoms with van der Waals surface area (Å²) < 4.78 is 18.7. The number of halogens is 1. The maximum Gasteiger partial charge on any atom is 0.226 e. The molecule has 4 aromatic rings. The Hall–Kier alpha value is -3.39. The first-order chi connectivity index (χ1) is 14.1. The molecule has 6 nitrogen and oxygen atoms in total. The van der Waals surface area contributed by atoms with Crippen LogP contribution in [0.3, 0.4) is 0 Å². The molecule has 0 fully saturated rings. The predicted octanol–water partition coefficient (Wildman–Crippen LogP) is 4.88. The van der Waals surface area contributed by atoms with E-state index in [2.05, 4.69) is 20.3 Å². The number of anilines is 1. The van der Waals surface area contributed by atoms with E-state index in [-0.39, 0.29) is 18.1 Å². The molecule has 1 amide bonds. The third-order valence-electron chi connectivity index (χ3n) is 4.19. The number of carbonyl (C=O) groups excluding carboxylic acids is 1. The van der Waals surface area contributed by atoms with Crippen molar-refractivity contribution in [1.29, 1.82) is 0 Å². The van der Waals surface area contributed by atoms with Crippen molar-refractivity contribution in [3.63, 3.8) is 0 Å². The molecule has 3 aromatic heterocycles. The van der Waals surface area contributed by atoms with E-state index in [9.17, 15) is 9.18 Å². The van der Waals surface area contributed by atoms with Crippen LogP contribution in [-0.4, -0.2) is 20.9 Å². The molecule has 4 rings (SSSR count). The maximum absolute atomic E-state index is 13.0. The van der Waals surface area contributed by atoms with Crippen LogP contribution in [0.4, 0.5) is 9.52 Å². The topological polar surface area (TPSA) is 80.9 Å². The van der Waals surface area contributed by atoms with Crippen LogP contribution in [0.2, 0.25) is 0 Å². The summed E-state index contributed by atoms with van der Waals surface area (Å²) in [6, 6.07) is 11.6. The molecule has 0 atom stereocenters. The van der Waals surface area contributed by atoms with Crippen molar-refractivity contribution >= 4 is 22.4 Å². The fourth-order valence-electron chi connectivity index (χ4n) is 2.76. The molecule has 3 heterocycles. The summed E-state index contributed by atoms with van der Waals surface area (Å²) in [6.07, 6.45) is 3.86. The first-order valence-electron chi connectivity index (χ1n) is 8.98. The van der Waals surface area contributed by atoms with Gasteiger partial charge in [0.25, 0.3) is 0 Å². The van der Waals surface area contributed by atoms with Crippen LogP contribution >= 0.6 is 11.3 Å². The van der Waals surface area contributed by atoms with Crippen LogP contribution in [-0.2, 0) is 11.2 Å². The lowest BCUT2D eigenvalue weighted by Gasteiger charge is -2.00. The zero-order chi connectivity index (χ0) is 20.2. The van der Waals surface area contributed by atoms with Gasteiger partial charge in [-0.1, -0.05) is 17.4 Å². The molecule has 0 aliphatic heterocycles. The molecule has 8 heteroatoms. The van der Waals surface area contributed by atoms with Gasteiger partial charge < -0.3 is 9.73 Å². The van der Waals surface area contributed by atoms with Gasteiger partial charge in [0.15, 0.2) is 16.8 Å². The number of nitrogens with one attached hydrogen (secondary N) is 1. The number of benzene rings is 1. The number of thiazole rings is 1. The van der Waals surface area contributed by atoms with Gasteiger partial charge in [0.2, 0.25) is 5.91 Å². The van der Waals surface area contributed by atoms with Gasteiger partial charge >= 0.3 is 0 Å². The predicted molar refractivity (Wildman–Crippen MR) is 109 cm³/mol. The van der Waals surface area contributed by atoms with E-state index >= 15 is 0 Å². The molecular formula is C21H17FN4O2S. The van der Waals surface area contributed by atoms with E-state index < -0.39 is 0 Å². The number of pyridine rings is 1. The first-order valence-corrected chi connectivity index (χ1v) is 9.79. The minimum absolute atomic E-state index is 0.173. The van der Waals surface area contributed by atoms with Crippen molar-refractivity contribution in [3.05, 3.63) is 72.3 Å². The van der Waals surface area contributed by atoms with Gasteiger partial charge in [-0.3, -0.25) is 9.78 Å². The molecule has 146 valence electrons. The summed E-state index contributed by atoms with van der Waals surface area (Å²) in [6.45, 7) is 1.89. The summed E-state index contributed by atoms with van der Waals surface area (Å²) in [7, 11) is 0. The quantitative estimate of drug-likeness (QED) is 0.492. The van der Waals surface area contributed by atoms with Gasteiger partial charge in [-0.15, -0.1) is 0 Å². The molecule has 0 aliphatic carbocycles. The molecule has 1 N–H and O–H groups in total. The summed E-state index contributed by atoms with van der Waals surface area (Å²) in [5.41, 5.74) is 2.38. The molecule has 0 aliphatic rings. The second-order valence-electron chi connectivity index (χ2n) is 6.32. The Morgan fingerprint density at radius 1 is 1.17 bits per heavy atom. The number of amides is 1. The van der Waals surface area contributed by atoms with Crippen molar-refractivity contribution in [2.24, 2.45) is 0 Å². The van der Waals surface area contributed by atoms with E-state index in [1.165, 1.54) is 23.5 Å². The van der Waals surface area contributed by atoms with Crippen molar-refractivity contribution in [2.75, 3.05) is 5.32 Å². The zero-order valence-corrected chi connectivity index (χ0v) is 16.4. The van der Waals surface area contributed by atoms with Crippen LogP contribution in [0.5, 0.6) is 0 Å². The van der Waals surface area contributed by atoms with Crippen molar-refractivity contribution in [1.82, 2.24) is 15.0 Å². The lowest BCUT2D eigenvalue weighted by atomic mass is 10.2. The number of aryl methyl sites for hydroxylation is 2. The fraction of sp³-hybridized carbons (Fsp3) is 0.143. The molecule has 0 saturated carbocycles. The van der Waals surface area contributed by atoms with Crippen LogP contribution < -0.4 is 5.32 Å². The standard InChI is InChI=1S/C21H17FN4O2S/c1-13-20(16-4-2-3-11-23-16)29-21(25-13)26-18(27)9-10-19-24-12-17(28-19)14-5-7-15(22)8-6-14/h2-8,11-12H,9-10H2,1H3,(H,25,26,27). The Labute approximate surface area is 170 Å².